The van der Waals surface area contributed by atoms with E-state index in [9.17, 15) is 9.18 Å². The third-order valence-corrected chi connectivity index (χ3v) is 4.01. The van der Waals surface area contributed by atoms with E-state index in [-0.39, 0.29) is 11.8 Å². The number of amides is 2. The normalized spacial score (nSPS) is 10.7. The molecule has 0 saturated carbocycles. The molecule has 0 saturated heterocycles. The molecule has 128 valence electrons. The van der Waals surface area contributed by atoms with Gasteiger partial charge in [-0.2, -0.15) is 0 Å². The van der Waals surface area contributed by atoms with Gasteiger partial charge in [-0.3, -0.25) is 0 Å². The van der Waals surface area contributed by atoms with E-state index in [1.165, 1.54) is 24.3 Å². The Bertz CT molecular complexity index is 1060. The standard InChI is InChI=1S/C20H15FN4O/c21-14-5-9-16(10-6-14)25-20(26)24-15-7-3-13(4-8-15)18-12-23-19-17(18)2-1-11-22-19/h1-12H,(H,22,23)(H2,24,25,26). The highest BCUT2D eigenvalue weighted by Gasteiger charge is 2.07. The van der Waals surface area contributed by atoms with Crippen molar-refractivity contribution in [1.29, 1.82) is 0 Å². The lowest BCUT2D eigenvalue weighted by Gasteiger charge is -2.08. The maximum Gasteiger partial charge on any atom is 0.323 e. The number of urea groups is 1. The summed E-state index contributed by atoms with van der Waals surface area (Å²) in [4.78, 5) is 19.5. The van der Waals surface area contributed by atoms with Gasteiger partial charge in [0.2, 0.25) is 0 Å². The molecule has 0 fully saturated rings. The summed E-state index contributed by atoms with van der Waals surface area (Å²) in [6.07, 6.45) is 3.66. The Morgan fingerprint density at radius 3 is 2.27 bits per heavy atom. The first-order chi connectivity index (χ1) is 12.7. The summed E-state index contributed by atoms with van der Waals surface area (Å²) in [7, 11) is 0. The lowest BCUT2D eigenvalue weighted by Crippen LogP contribution is -2.19. The van der Waals surface area contributed by atoms with Crippen LogP contribution in [0.5, 0.6) is 0 Å². The number of H-pyrrole nitrogens is 1. The van der Waals surface area contributed by atoms with Crippen molar-refractivity contribution in [3.8, 4) is 11.1 Å². The average molecular weight is 346 g/mol. The number of aromatic nitrogens is 2. The first-order valence-corrected chi connectivity index (χ1v) is 8.05. The third kappa shape index (κ3) is 3.25. The highest BCUT2D eigenvalue weighted by molar-refractivity contribution is 6.00. The predicted octanol–water partition coefficient (Wildman–Crippen LogP) is 5.01. The largest absolute Gasteiger partial charge is 0.346 e. The molecule has 0 spiro atoms. The van der Waals surface area contributed by atoms with Gasteiger partial charge in [0.1, 0.15) is 11.5 Å². The van der Waals surface area contributed by atoms with E-state index in [1.807, 2.05) is 42.6 Å². The molecule has 0 aliphatic heterocycles. The van der Waals surface area contributed by atoms with Gasteiger partial charge in [0, 0.05) is 34.7 Å². The number of halogens is 1. The fourth-order valence-corrected chi connectivity index (χ4v) is 2.75. The molecule has 0 aliphatic rings. The van der Waals surface area contributed by atoms with Crippen LogP contribution in [0.25, 0.3) is 22.2 Å². The summed E-state index contributed by atoms with van der Waals surface area (Å²) in [5.41, 5.74) is 4.09. The summed E-state index contributed by atoms with van der Waals surface area (Å²) in [6.45, 7) is 0. The molecular weight excluding hydrogens is 331 g/mol. The quantitative estimate of drug-likeness (QED) is 0.488. The van der Waals surface area contributed by atoms with E-state index in [0.717, 1.165) is 22.2 Å². The zero-order valence-electron chi connectivity index (χ0n) is 13.7. The van der Waals surface area contributed by atoms with Gasteiger partial charge in [-0.1, -0.05) is 12.1 Å². The minimum Gasteiger partial charge on any atom is -0.346 e. The van der Waals surface area contributed by atoms with Gasteiger partial charge < -0.3 is 15.6 Å². The van der Waals surface area contributed by atoms with Gasteiger partial charge >= 0.3 is 6.03 Å². The minimum atomic E-state index is -0.388. The Hall–Kier alpha value is -3.67. The van der Waals surface area contributed by atoms with Crippen LogP contribution in [-0.4, -0.2) is 16.0 Å². The van der Waals surface area contributed by atoms with E-state index in [2.05, 4.69) is 20.6 Å². The van der Waals surface area contributed by atoms with E-state index in [0.29, 0.717) is 11.4 Å². The van der Waals surface area contributed by atoms with Crippen LogP contribution in [0.2, 0.25) is 0 Å². The number of fused-ring (bicyclic) bond motifs is 1. The highest BCUT2D eigenvalue weighted by Crippen LogP contribution is 2.28. The van der Waals surface area contributed by atoms with Crippen LogP contribution in [0, 0.1) is 5.82 Å². The number of nitrogens with one attached hydrogen (secondary N) is 3. The maximum atomic E-state index is 12.9. The Morgan fingerprint density at radius 1 is 0.923 bits per heavy atom. The van der Waals surface area contributed by atoms with Gasteiger partial charge in [0.05, 0.1) is 0 Å². The number of anilines is 2. The second-order valence-electron chi connectivity index (χ2n) is 5.77. The average Bonchev–Trinajstić information content (AvgIpc) is 3.08. The number of benzene rings is 2. The molecule has 0 radical (unpaired) electrons. The predicted molar refractivity (Wildman–Crippen MR) is 101 cm³/mol. The van der Waals surface area contributed by atoms with E-state index >= 15 is 0 Å². The summed E-state index contributed by atoms with van der Waals surface area (Å²) in [6, 6.07) is 16.6. The van der Waals surface area contributed by atoms with Crippen molar-refractivity contribution in [2.75, 3.05) is 10.6 Å². The lowest BCUT2D eigenvalue weighted by molar-refractivity contribution is 0.262. The lowest BCUT2D eigenvalue weighted by atomic mass is 10.1. The molecule has 4 rings (SSSR count). The Labute approximate surface area is 148 Å². The van der Waals surface area contributed by atoms with Crippen molar-refractivity contribution in [1.82, 2.24) is 9.97 Å². The van der Waals surface area contributed by atoms with Crippen LogP contribution in [0.1, 0.15) is 0 Å². The first-order valence-electron chi connectivity index (χ1n) is 8.05. The molecule has 3 N–H and O–H groups in total. The molecule has 0 aliphatic carbocycles. The molecule has 2 aromatic heterocycles. The summed E-state index contributed by atoms with van der Waals surface area (Å²) in [5.74, 6) is -0.348. The van der Waals surface area contributed by atoms with Crippen LogP contribution in [0.3, 0.4) is 0 Å². The topological polar surface area (TPSA) is 69.8 Å². The Morgan fingerprint density at radius 2 is 1.58 bits per heavy atom. The zero-order valence-corrected chi connectivity index (χ0v) is 13.7. The SMILES string of the molecule is O=C(Nc1ccc(F)cc1)Nc1ccc(-c2c[nH]c3ncccc23)cc1. The van der Waals surface area contributed by atoms with Gasteiger partial charge in [0.15, 0.2) is 0 Å². The third-order valence-electron chi connectivity index (χ3n) is 4.01. The Kier molecular flexibility index (Phi) is 4.07. The molecular formula is C20H15FN4O. The van der Waals surface area contributed by atoms with E-state index < -0.39 is 0 Å². The second-order valence-corrected chi connectivity index (χ2v) is 5.77. The number of rotatable bonds is 3. The summed E-state index contributed by atoms with van der Waals surface area (Å²) < 4.78 is 12.9. The van der Waals surface area contributed by atoms with Crippen molar-refractivity contribution in [3.05, 3.63) is 78.9 Å². The fraction of sp³-hybridized carbons (Fsp3) is 0. The molecule has 6 heteroatoms. The van der Waals surface area contributed by atoms with Crippen molar-refractivity contribution in [2.45, 2.75) is 0 Å². The first kappa shape index (κ1) is 15.8. The number of aromatic amines is 1. The van der Waals surface area contributed by atoms with Crippen LogP contribution in [0.15, 0.2) is 73.1 Å². The van der Waals surface area contributed by atoms with Gasteiger partial charge in [-0.05, 0) is 54.1 Å². The molecule has 4 aromatic rings. The monoisotopic (exact) mass is 346 g/mol. The maximum absolute atomic E-state index is 12.9. The second kappa shape index (κ2) is 6.68. The van der Waals surface area contributed by atoms with Crippen LogP contribution < -0.4 is 10.6 Å². The molecule has 0 atom stereocenters. The number of carbonyl (C=O) groups excluding carboxylic acids is 1. The van der Waals surface area contributed by atoms with Crippen molar-refractivity contribution < 1.29 is 9.18 Å². The van der Waals surface area contributed by atoms with Gasteiger partial charge in [-0.15, -0.1) is 0 Å². The van der Waals surface area contributed by atoms with E-state index in [4.69, 9.17) is 0 Å². The molecule has 5 nitrogen and oxygen atoms in total. The number of pyridine rings is 1. The number of hydrogen-bond acceptors (Lipinski definition) is 2. The van der Waals surface area contributed by atoms with Crippen LogP contribution >= 0.6 is 0 Å². The molecule has 2 heterocycles. The highest BCUT2D eigenvalue weighted by atomic mass is 19.1. The van der Waals surface area contributed by atoms with Crippen molar-refractivity contribution >= 4 is 28.4 Å². The van der Waals surface area contributed by atoms with Crippen LogP contribution in [0.4, 0.5) is 20.6 Å². The van der Waals surface area contributed by atoms with Crippen molar-refractivity contribution in [3.63, 3.8) is 0 Å². The van der Waals surface area contributed by atoms with Crippen LogP contribution in [-0.2, 0) is 0 Å². The number of hydrogen-bond donors (Lipinski definition) is 3. The molecule has 2 aromatic carbocycles. The van der Waals surface area contributed by atoms with Gasteiger partial charge in [0.25, 0.3) is 0 Å². The van der Waals surface area contributed by atoms with Crippen molar-refractivity contribution in [2.24, 2.45) is 0 Å². The summed E-state index contributed by atoms with van der Waals surface area (Å²) >= 11 is 0. The smallest absolute Gasteiger partial charge is 0.323 e. The Balaban J connectivity index is 1.47. The molecule has 2 amide bonds. The minimum absolute atomic E-state index is 0.348. The summed E-state index contributed by atoms with van der Waals surface area (Å²) in [5, 5.41) is 6.45. The zero-order chi connectivity index (χ0) is 17.9. The molecule has 0 bridgehead atoms. The fourth-order valence-electron chi connectivity index (χ4n) is 2.75. The van der Waals surface area contributed by atoms with Gasteiger partial charge in [-0.25, -0.2) is 14.2 Å². The number of carbonyl (C=O) groups is 1. The number of nitrogens with zero attached hydrogens (tertiary/aromatic N) is 1. The molecule has 0 unspecified atom stereocenters. The molecule has 26 heavy (non-hydrogen) atoms. The van der Waals surface area contributed by atoms with E-state index in [1.54, 1.807) is 6.20 Å².